The zero-order valence-electron chi connectivity index (χ0n) is 46.9. The van der Waals surface area contributed by atoms with Crippen molar-refractivity contribution < 1.29 is 4.42 Å². The largest absolute Gasteiger partial charge is 0.466 e. The molecule has 0 saturated carbocycles. The zero-order chi connectivity index (χ0) is 52.1. The number of nitrogens with zero attached hydrogens (tertiary/aromatic N) is 2. The monoisotopic (exact) mass is 973 g/mol. The molecule has 4 heteroatoms. The Morgan fingerprint density at radius 3 is 1.70 bits per heavy atom. The third kappa shape index (κ3) is 7.90. The molecule has 0 atom stereocenters. The molecule has 2 aliphatic heterocycles. The minimum absolute atomic E-state index is 0.0107. The van der Waals surface area contributed by atoms with Crippen molar-refractivity contribution in [3.05, 3.63) is 190 Å². The van der Waals surface area contributed by atoms with Crippen LogP contribution in [0.3, 0.4) is 0 Å². The van der Waals surface area contributed by atoms with Crippen molar-refractivity contribution in [3.8, 4) is 22.3 Å². The van der Waals surface area contributed by atoms with E-state index in [1.165, 1.54) is 112 Å². The molecule has 3 heterocycles. The molecule has 3 nitrogen and oxygen atoms in total. The van der Waals surface area contributed by atoms with Gasteiger partial charge in [-0.2, -0.15) is 0 Å². The van der Waals surface area contributed by atoms with E-state index in [4.69, 9.17) is 4.42 Å². The van der Waals surface area contributed by atoms with Crippen LogP contribution >= 0.6 is 0 Å². The normalized spacial score (nSPS) is 17.8. The lowest BCUT2D eigenvalue weighted by atomic mass is 9.45. The fourth-order valence-corrected chi connectivity index (χ4v) is 13.5. The first-order valence-corrected chi connectivity index (χ1v) is 27.8. The van der Waals surface area contributed by atoms with Crippen molar-refractivity contribution in [2.75, 3.05) is 9.71 Å². The molecule has 0 N–H and O–H groups in total. The summed E-state index contributed by atoms with van der Waals surface area (Å²) >= 11 is 0. The van der Waals surface area contributed by atoms with Gasteiger partial charge in [0.25, 0.3) is 0 Å². The van der Waals surface area contributed by atoms with Gasteiger partial charge in [-0.05, 0) is 179 Å². The average molecular weight is 973 g/mol. The molecule has 376 valence electrons. The molecule has 2 aliphatic carbocycles. The van der Waals surface area contributed by atoms with E-state index in [9.17, 15) is 0 Å². The highest BCUT2D eigenvalue weighted by atomic mass is 16.3. The first-order chi connectivity index (χ1) is 34.9. The van der Waals surface area contributed by atoms with E-state index in [2.05, 4.69) is 246 Å². The molecule has 1 aromatic heterocycles. The van der Waals surface area contributed by atoms with Crippen molar-refractivity contribution in [2.24, 2.45) is 0 Å². The fourth-order valence-electron chi connectivity index (χ4n) is 13.5. The van der Waals surface area contributed by atoms with Gasteiger partial charge in [0.05, 0.1) is 5.69 Å². The molecule has 0 saturated heterocycles. The second kappa shape index (κ2) is 16.6. The van der Waals surface area contributed by atoms with E-state index in [1.54, 1.807) is 0 Å². The highest BCUT2D eigenvalue weighted by Crippen LogP contribution is 2.54. The smallest absolute Gasteiger partial charge is 0.375 e. The third-order valence-electron chi connectivity index (χ3n) is 18.4. The van der Waals surface area contributed by atoms with Crippen LogP contribution in [0.5, 0.6) is 0 Å². The van der Waals surface area contributed by atoms with E-state index in [0.29, 0.717) is 6.54 Å². The van der Waals surface area contributed by atoms with Crippen LogP contribution in [0.4, 0.5) is 22.7 Å². The van der Waals surface area contributed by atoms with Gasteiger partial charge >= 0.3 is 6.85 Å². The number of benzene rings is 7. The summed E-state index contributed by atoms with van der Waals surface area (Å²) in [5.41, 5.74) is 25.9. The summed E-state index contributed by atoms with van der Waals surface area (Å²) in [7, 11) is 0. The summed E-state index contributed by atoms with van der Waals surface area (Å²) in [4.78, 5) is 5.40. The van der Waals surface area contributed by atoms with Crippen LogP contribution in [0.25, 0.3) is 33.2 Å². The highest BCUT2D eigenvalue weighted by Gasteiger charge is 2.50. The summed E-state index contributed by atoms with van der Waals surface area (Å²) in [6, 6.07) is 54.5. The molecule has 74 heavy (non-hydrogen) atoms. The van der Waals surface area contributed by atoms with Crippen molar-refractivity contribution in [2.45, 2.75) is 168 Å². The van der Waals surface area contributed by atoms with E-state index in [-0.39, 0.29) is 39.3 Å². The Bertz CT molecular complexity index is 3540. The molecule has 0 radical (unpaired) electrons. The number of hydrogen-bond donors (Lipinski definition) is 0. The molecule has 0 amide bonds. The lowest BCUT2D eigenvalue weighted by Gasteiger charge is -2.46. The van der Waals surface area contributed by atoms with Gasteiger partial charge < -0.3 is 14.1 Å². The minimum Gasteiger partial charge on any atom is -0.466 e. The maximum atomic E-state index is 7.79. The molecule has 0 unspecified atom stereocenters. The summed E-state index contributed by atoms with van der Waals surface area (Å²) in [5.74, 6) is 0. The number of rotatable bonds is 6. The number of anilines is 4. The number of furan rings is 1. The van der Waals surface area contributed by atoms with Crippen molar-refractivity contribution in [1.82, 2.24) is 0 Å². The van der Waals surface area contributed by atoms with Crippen LogP contribution in [0, 0.1) is 0 Å². The predicted octanol–water partition coefficient (Wildman–Crippen LogP) is 17.6. The molecule has 0 bridgehead atoms. The lowest BCUT2D eigenvalue weighted by molar-refractivity contribution is 0.332. The zero-order valence-corrected chi connectivity index (χ0v) is 46.9. The fraction of sp³-hybridized carbons (Fsp3) is 0.371. The Hall–Kier alpha value is -6.26. The van der Waals surface area contributed by atoms with Gasteiger partial charge in [-0.1, -0.05) is 194 Å². The molecule has 4 aliphatic rings. The first kappa shape index (κ1) is 48.7. The molecule has 0 spiro atoms. The van der Waals surface area contributed by atoms with Gasteiger partial charge in [-0.25, -0.2) is 0 Å². The molecule has 0 fully saturated rings. The average Bonchev–Trinajstić information content (AvgIpc) is 3.73. The third-order valence-corrected chi connectivity index (χ3v) is 18.4. The Morgan fingerprint density at radius 1 is 0.500 bits per heavy atom. The van der Waals surface area contributed by atoms with Gasteiger partial charge in [0.2, 0.25) is 0 Å². The van der Waals surface area contributed by atoms with Crippen LogP contribution in [0.15, 0.2) is 144 Å². The summed E-state index contributed by atoms with van der Waals surface area (Å²) in [6.07, 6.45) is 5.46. The number of fused-ring (bicyclic) bond motifs is 8. The van der Waals surface area contributed by atoms with Crippen molar-refractivity contribution in [1.29, 1.82) is 0 Å². The molecular weight excluding hydrogens is 896 g/mol. The minimum atomic E-state index is -0.231. The van der Waals surface area contributed by atoms with Crippen molar-refractivity contribution >= 4 is 51.7 Å². The summed E-state index contributed by atoms with van der Waals surface area (Å²) in [5, 5.41) is 1.21. The topological polar surface area (TPSA) is 19.6 Å². The summed E-state index contributed by atoms with van der Waals surface area (Å²) < 4.78 is 7.79. The SMILES string of the molecule is CC(C)(C)c1ccc(CN2c3cc(Cc4ccccc4)cc4c3B(c3oc5cc6c(cc5c32)C(C)(C)CCC6(C)C)N(c2ccc3c(c2)C(C)(C)CCC3(C)C)c2ccc(C(C)(C)C)cc2-4)c(-c2ccccc2)c1. The van der Waals surface area contributed by atoms with Crippen LogP contribution in [0.2, 0.25) is 0 Å². The van der Waals surface area contributed by atoms with Gasteiger partial charge in [0, 0.05) is 34.6 Å². The standard InChI is InChI=1S/C70H77BN2O/c1-65(2,3)48-26-25-47(51(38-48)46-23-19-16-20-24-46)43-72-60-37-45(35-44-21-17-15-18-22-44)36-53-52-39-49(66(4,5)6)27-30-59(52)73(50-28-29-55-56(40-50)68(9,10)32-31-67(55,7)8)71(62(53)60)64-63(72)54-41-57-58(42-61(54)74-64)70(13,14)34-33-69(57,11)12/h15-30,36-42H,31-35,43H2,1-14H3. The quantitative estimate of drug-likeness (QED) is 0.155. The Morgan fingerprint density at radius 2 is 1.07 bits per heavy atom. The molecule has 8 aromatic rings. The van der Waals surface area contributed by atoms with E-state index in [0.717, 1.165) is 36.9 Å². The van der Waals surface area contributed by atoms with E-state index in [1.807, 2.05) is 0 Å². The van der Waals surface area contributed by atoms with Crippen LogP contribution < -0.4 is 20.8 Å². The molecular formula is C70H77BN2O. The van der Waals surface area contributed by atoms with Gasteiger partial charge in [0.15, 0.2) is 0 Å². The maximum absolute atomic E-state index is 7.79. The second-order valence-electron chi connectivity index (χ2n) is 27.5. The highest BCUT2D eigenvalue weighted by molar-refractivity contribution is 6.93. The van der Waals surface area contributed by atoms with Crippen LogP contribution in [-0.2, 0) is 45.5 Å². The van der Waals surface area contributed by atoms with Gasteiger partial charge in [-0.3, -0.25) is 0 Å². The van der Waals surface area contributed by atoms with Crippen LogP contribution in [0.1, 0.15) is 173 Å². The van der Waals surface area contributed by atoms with Gasteiger partial charge in [0.1, 0.15) is 11.2 Å². The Balaban J connectivity index is 1.20. The maximum Gasteiger partial charge on any atom is 0.375 e. The van der Waals surface area contributed by atoms with Crippen LogP contribution in [-0.4, -0.2) is 6.85 Å². The Labute approximate surface area is 443 Å². The van der Waals surface area contributed by atoms with Gasteiger partial charge in [-0.15, -0.1) is 0 Å². The first-order valence-electron chi connectivity index (χ1n) is 27.8. The lowest BCUT2D eigenvalue weighted by Crippen LogP contribution is -2.61. The summed E-state index contributed by atoms with van der Waals surface area (Å²) in [6.45, 7) is 34.1. The second-order valence-corrected chi connectivity index (χ2v) is 27.5. The van der Waals surface area contributed by atoms with E-state index < -0.39 is 0 Å². The Kier molecular flexibility index (Phi) is 10.9. The van der Waals surface area contributed by atoms with Crippen molar-refractivity contribution in [3.63, 3.8) is 0 Å². The number of hydrogen-bond acceptors (Lipinski definition) is 3. The predicted molar refractivity (Wildman–Crippen MR) is 317 cm³/mol. The molecule has 7 aromatic carbocycles. The van der Waals surface area contributed by atoms with E-state index >= 15 is 0 Å². The molecule has 12 rings (SSSR count).